The first-order chi connectivity index (χ1) is 2.94. The van der Waals surface area contributed by atoms with Crippen LogP contribution in [0.5, 0.6) is 0 Å². The Morgan fingerprint density at radius 2 is 1.11 bits per heavy atom. The van der Waals surface area contributed by atoms with Crippen molar-refractivity contribution in [3.8, 4) is 0 Å². The van der Waals surface area contributed by atoms with Crippen LogP contribution in [0.1, 0.15) is 0 Å². The topological polar surface area (TPSA) is 46.1 Å². The maximum absolute atomic E-state index is 10.6. The van der Waals surface area contributed by atoms with Gasteiger partial charge in [-0.2, -0.15) is 13.2 Å². The van der Waals surface area contributed by atoms with Gasteiger partial charge in [-0.15, -0.1) is 0 Å². The molecule has 0 atom stereocenters. The van der Waals surface area contributed by atoms with E-state index in [0.29, 0.717) is 0 Å². The van der Waals surface area contributed by atoms with Crippen molar-refractivity contribution in [3.05, 3.63) is 0 Å². The Morgan fingerprint density at radius 3 is 1.11 bits per heavy atom. The van der Waals surface area contributed by atoms with Gasteiger partial charge in [0.05, 0.1) is 0 Å². The van der Waals surface area contributed by atoms with Crippen LogP contribution < -0.4 is 113 Å². The van der Waals surface area contributed by atoms with Gasteiger partial charge < -0.3 is 10.0 Å². The average Bonchev–Trinajstić information content (AvgIpc) is 1.31. The molecule has 0 rings (SSSR count). The Hall–Kier alpha value is 3.05. The molecule has 0 N–H and O–H groups in total. The van der Waals surface area contributed by atoms with Crippen LogP contribution in [0.4, 0.5) is 13.2 Å². The van der Waals surface area contributed by atoms with Crippen molar-refractivity contribution in [3.63, 3.8) is 0 Å². The molecule has 42 valence electrons. The third kappa shape index (κ3) is 11.0. The molecule has 0 heterocycles. The summed E-state index contributed by atoms with van der Waals surface area (Å²) < 4.78 is 31.7. The van der Waals surface area contributed by atoms with E-state index >= 15 is 0 Å². The van der Waals surface area contributed by atoms with E-state index in [2.05, 4.69) is 0 Å². The van der Waals surface area contributed by atoms with E-state index < -0.39 is 13.2 Å². The normalized spacial score (nSPS) is 9.00. The summed E-state index contributed by atoms with van der Waals surface area (Å²) in [7, 11) is -3.70. The molecule has 0 saturated carbocycles. The Kier molecular flexibility index (Phi) is 15.3. The van der Waals surface area contributed by atoms with Crippen molar-refractivity contribution in [1.82, 2.24) is 0 Å². The van der Waals surface area contributed by atoms with Crippen molar-refractivity contribution in [2.24, 2.45) is 0 Å². The molecule has 0 aliphatic carbocycles. The molecule has 8 heteroatoms. The first kappa shape index (κ1) is 18.0. The fourth-order valence-electron chi connectivity index (χ4n) is 0. The van der Waals surface area contributed by atoms with Crippen molar-refractivity contribution < 1.29 is 126 Å². The summed E-state index contributed by atoms with van der Waals surface area (Å²) in [4.78, 5) is 0. The molecule has 0 radical (unpaired) electrons. The fourth-order valence-corrected chi connectivity index (χ4v) is 0. The molecule has 0 amide bonds. The Balaban J connectivity index is -0.000000180. The molecule has 9 heavy (non-hydrogen) atoms. The molecule has 0 aliphatic heterocycles. The smallest absolute Gasteiger partial charge is 0.887 e. The van der Waals surface area contributed by atoms with Crippen LogP contribution in [-0.4, -0.2) is 13.2 Å². The van der Waals surface area contributed by atoms with Crippen molar-refractivity contribution >= 4 is 7.12 Å². The summed E-state index contributed by atoms with van der Waals surface area (Å²) >= 11 is 0. The number of rotatable bonds is 0. The molecule has 0 aromatic carbocycles. The van der Waals surface area contributed by atoms with Crippen molar-refractivity contribution in [2.45, 2.75) is 6.08 Å². The summed E-state index contributed by atoms with van der Waals surface area (Å²) in [5.74, 6) is 0. The fraction of sp³-hybridized carbons (Fsp3) is 1.00. The van der Waals surface area contributed by atoms with Gasteiger partial charge in [-0.25, -0.2) is 0 Å². The maximum Gasteiger partial charge on any atom is 1.00 e. The van der Waals surface area contributed by atoms with Gasteiger partial charge >= 0.3 is 109 Å². The van der Waals surface area contributed by atoms with Gasteiger partial charge in [-0.1, -0.05) is 0 Å². The SMILES string of the molecule is [K+].[K+].[O-]B([O-])C(F)(F)F. The van der Waals surface area contributed by atoms with E-state index in [1.165, 1.54) is 0 Å². The predicted molar refractivity (Wildman–Crippen MR) is 11.8 cm³/mol. The number of halogens is 3. The number of hydrogen-bond acceptors (Lipinski definition) is 2. The standard InChI is InChI=1S/CBF3O2.2K/c3-1(4,5)2(6)7;;/q-2;2*+1. The summed E-state index contributed by atoms with van der Waals surface area (Å²) in [6, 6.07) is 0. The quantitative estimate of drug-likeness (QED) is 0.356. The number of alkyl halides is 3. The second kappa shape index (κ2) is 7.68. The zero-order chi connectivity index (χ0) is 6.08. The van der Waals surface area contributed by atoms with E-state index in [1.807, 2.05) is 0 Å². The van der Waals surface area contributed by atoms with Gasteiger partial charge in [-0.3, -0.25) is 0 Å². The summed E-state index contributed by atoms with van der Waals surface area (Å²) in [5, 5.41) is 17.7. The van der Waals surface area contributed by atoms with Crippen LogP contribution in [0.2, 0.25) is 0 Å². The van der Waals surface area contributed by atoms with Gasteiger partial charge in [0.1, 0.15) is 0 Å². The minimum absolute atomic E-state index is 0. The molecule has 0 unspecified atom stereocenters. The first-order valence-corrected chi connectivity index (χ1v) is 1.33. The molecule has 2 nitrogen and oxygen atoms in total. The summed E-state index contributed by atoms with van der Waals surface area (Å²) in [6.07, 6.45) is -5.11. The van der Waals surface area contributed by atoms with Crippen LogP contribution in [0, 0.1) is 0 Å². The van der Waals surface area contributed by atoms with E-state index in [9.17, 15) is 13.2 Å². The second-order valence-corrected chi connectivity index (χ2v) is 0.874. The van der Waals surface area contributed by atoms with E-state index in [1.54, 1.807) is 0 Å². The van der Waals surface area contributed by atoms with Gasteiger partial charge in [-0.05, 0) is 0 Å². The molecule has 0 aromatic heterocycles. The molecule has 0 saturated heterocycles. The van der Waals surface area contributed by atoms with Crippen LogP contribution >= 0.6 is 0 Å². The molecule has 0 aliphatic rings. The van der Waals surface area contributed by atoms with Crippen LogP contribution in [0.25, 0.3) is 0 Å². The molecule has 0 fully saturated rings. The van der Waals surface area contributed by atoms with Gasteiger partial charge in [0.25, 0.3) is 0 Å². The minimum Gasteiger partial charge on any atom is -0.887 e. The number of hydrogen-bond donors (Lipinski definition) is 0. The predicted octanol–water partition coefficient (Wildman–Crippen LogP) is -7.70. The van der Waals surface area contributed by atoms with E-state index in [4.69, 9.17) is 10.0 Å². The van der Waals surface area contributed by atoms with Gasteiger partial charge in [0.2, 0.25) is 0 Å². The Labute approximate surface area is 136 Å². The van der Waals surface area contributed by atoms with Crippen LogP contribution in [-0.2, 0) is 0 Å². The third-order valence-corrected chi connectivity index (χ3v) is 0.267. The van der Waals surface area contributed by atoms with E-state index in [0.717, 1.165) is 0 Å². The van der Waals surface area contributed by atoms with Crippen molar-refractivity contribution in [2.75, 3.05) is 0 Å². The Bertz CT molecular complexity index is 65.3. The average molecular weight is 190 g/mol. The van der Waals surface area contributed by atoms with E-state index in [-0.39, 0.29) is 103 Å². The van der Waals surface area contributed by atoms with Gasteiger partial charge in [0, 0.05) is 7.12 Å². The molecule has 0 spiro atoms. The summed E-state index contributed by atoms with van der Waals surface area (Å²) in [6.45, 7) is 0. The first-order valence-electron chi connectivity index (χ1n) is 1.33. The van der Waals surface area contributed by atoms with Gasteiger partial charge in [0.15, 0.2) is 0 Å². The molecular weight excluding hydrogens is 190 g/mol. The molecule has 0 aromatic rings. The molecule has 0 bridgehead atoms. The second-order valence-electron chi connectivity index (χ2n) is 0.874. The third-order valence-electron chi connectivity index (χ3n) is 0.267. The monoisotopic (exact) mass is 190 g/mol. The van der Waals surface area contributed by atoms with Crippen LogP contribution in [0.15, 0.2) is 0 Å². The minimum atomic E-state index is -5.11. The zero-order valence-electron chi connectivity index (χ0n) is 5.03. The Morgan fingerprint density at radius 1 is 1.00 bits per heavy atom. The maximum atomic E-state index is 10.6. The largest absolute Gasteiger partial charge is 1.00 e. The summed E-state index contributed by atoms with van der Waals surface area (Å²) in [5.41, 5.74) is 0. The molecular formula is CBF3K2O2. The zero-order valence-corrected chi connectivity index (χ0v) is 11.3. The van der Waals surface area contributed by atoms with Crippen LogP contribution in [0.3, 0.4) is 0 Å². The van der Waals surface area contributed by atoms with Crippen molar-refractivity contribution in [1.29, 1.82) is 0 Å².